The highest BCUT2D eigenvalue weighted by Crippen LogP contribution is 2.24. The first-order chi connectivity index (χ1) is 9.66. The molecule has 6 nitrogen and oxygen atoms in total. The topological polar surface area (TPSA) is 77.3 Å². The Morgan fingerprint density at radius 2 is 2.10 bits per heavy atom. The van der Waals surface area contributed by atoms with E-state index in [1.54, 1.807) is 0 Å². The van der Waals surface area contributed by atoms with Crippen molar-refractivity contribution >= 4 is 27.4 Å². The third-order valence-corrected chi connectivity index (χ3v) is 3.05. The Morgan fingerprint density at radius 3 is 2.75 bits per heavy atom. The van der Waals surface area contributed by atoms with Crippen LogP contribution in [0.1, 0.15) is 0 Å². The van der Waals surface area contributed by atoms with E-state index in [0.29, 0.717) is 23.4 Å². The van der Waals surface area contributed by atoms with Crippen LogP contribution in [0, 0.1) is 10.1 Å². The molecular weight excluding hydrogens is 326 g/mol. The minimum atomic E-state index is -0.486. The molecule has 2 rings (SSSR count). The van der Waals surface area contributed by atoms with Gasteiger partial charge in [0, 0.05) is 6.07 Å². The van der Waals surface area contributed by atoms with Gasteiger partial charge in [-0.05, 0) is 28.1 Å². The molecule has 1 N–H and O–H groups in total. The van der Waals surface area contributed by atoms with Gasteiger partial charge in [-0.15, -0.1) is 0 Å². The third kappa shape index (κ3) is 3.92. The smallest absolute Gasteiger partial charge is 0.288 e. The molecule has 20 heavy (non-hydrogen) atoms. The van der Waals surface area contributed by atoms with E-state index in [9.17, 15) is 10.1 Å². The number of rotatable bonds is 6. The van der Waals surface area contributed by atoms with Gasteiger partial charge >= 0.3 is 0 Å². The molecule has 0 spiro atoms. The molecule has 1 aromatic carbocycles. The minimum Gasteiger partial charge on any atom is -0.492 e. The molecule has 0 amide bonds. The molecule has 0 aliphatic rings. The number of halogens is 1. The van der Waals surface area contributed by atoms with E-state index in [0.717, 1.165) is 5.75 Å². The molecule has 0 saturated heterocycles. The van der Waals surface area contributed by atoms with Gasteiger partial charge in [0.2, 0.25) is 0 Å². The molecule has 0 atom stereocenters. The Labute approximate surface area is 124 Å². The van der Waals surface area contributed by atoms with Gasteiger partial charge in [-0.3, -0.25) is 10.1 Å². The molecule has 7 heteroatoms. The van der Waals surface area contributed by atoms with Crippen LogP contribution in [-0.4, -0.2) is 23.1 Å². The fourth-order valence-electron chi connectivity index (χ4n) is 1.51. The second-order valence-corrected chi connectivity index (χ2v) is 4.72. The Kier molecular flexibility index (Phi) is 4.89. The van der Waals surface area contributed by atoms with Gasteiger partial charge in [0.1, 0.15) is 24.4 Å². The van der Waals surface area contributed by atoms with Crippen LogP contribution < -0.4 is 10.1 Å². The molecule has 1 aromatic heterocycles. The summed E-state index contributed by atoms with van der Waals surface area (Å²) in [5.41, 5.74) is -0.0528. The van der Waals surface area contributed by atoms with Crippen LogP contribution in [0.4, 0.5) is 11.5 Å². The number of hydrogen-bond acceptors (Lipinski definition) is 5. The molecule has 1 heterocycles. The van der Waals surface area contributed by atoms with Crippen LogP contribution in [0.15, 0.2) is 47.1 Å². The molecular formula is C13H12BrN3O3. The quantitative estimate of drug-likeness (QED) is 0.497. The molecule has 104 valence electrons. The van der Waals surface area contributed by atoms with Crippen molar-refractivity contribution in [3.63, 3.8) is 0 Å². The van der Waals surface area contributed by atoms with Crippen molar-refractivity contribution < 1.29 is 9.66 Å². The van der Waals surface area contributed by atoms with Gasteiger partial charge in [-0.1, -0.05) is 18.2 Å². The molecule has 0 fully saturated rings. The summed E-state index contributed by atoms with van der Waals surface area (Å²) in [6.07, 6.45) is 1.21. The number of aromatic nitrogens is 1. The lowest BCUT2D eigenvalue weighted by Crippen LogP contribution is -2.12. The first-order valence-corrected chi connectivity index (χ1v) is 6.68. The molecule has 0 saturated carbocycles. The average Bonchev–Trinajstić information content (AvgIpc) is 2.46. The van der Waals surface area contributed by atoms with Crippen LogP contribution in [0.2, 0.25) is 0 Å². The number of benzene rings is 1. The largest absolute Gasteiger partial charge is 0.492 e. The standard InChI is InChI=1S/C13H12BrN3O3/c14-12-8-10(17(18)19)9-16-13(12)15-6-7-20-11-4-2-1-3-5-11/h1-5,8-9H,6-7H2,(H,15,16). The van der Waals surface area contributed by atoms with Crippen molar-refractivity contribution in [2.75, 3.05) is 18.5 Å². The summed E-state index contributed by atoms with van der Waals surface area (Å²) in [4.78, 5) is 14.1. The van der Waals surface area contributed by atoms with E-state index in [1.165, 1.54) is 12.3 Å². The number of pyridine rings is 1. The molecule has 0 aliphatic carbocycles. The van der Waals surface area contributed by atoms with Crippen molar-refractivity contribution in [1.82, 2.24) is 4.98 Å². The van der Waals surface area contributed by atoms with Crippen LogP contribution >= 0.6 is 15.9 Å². The van der Waals surface area contributed by atoms with Crippen LogP contribution in [0.25, 0.3) is 0 Å². The zero-order valence-corrected chi connectivity index (χ0v) is 12.0. The SMILES string of the molecule is O=[N+]([O-])c1cnc(NCCOc2ccccc2)c(Br)c1. The number of nitro groups is 1. The lowest BCUT2D eigenvalue weighted by Gasteiger charge is -2.08. The van der Waals surface area contributed by atoms with Crippen molar-refractivity contribution in [3.05, 3.63) is 57.2 Å². The fourth-order valence-corrected chi connectivity index (χ4v) is 1.99. The van der Waals surface area contributed by atoms with Gasteiger partial charge < -0.3 is 10.1 Å². The average molecular weight is 338 g/mol. The zero-order chi connectivity index (χ0) is 14.4. The summed E-state index contributed by atoms with van der Waals surface area (Å²) < 4.78 is 6.06. The second kappa shape index (κ2) is 6.85. The first kappa shape index (κ1) is 14.3. The maximum Gasteiger partial charge on any atom is 0.288 e. The van der Waals surface area contributed by atoms with Crippen LogP contribution in [0.3, 0.4) is 0 Å². The van der Waals surface area contributed by atoms with Gasteiger partial charge in [0.05, 0.1) is 15.9 Å². The fraction of sp³-hybridized carbons (Fsp3) is 0.154. The van der Waals surface area contributed by atoms with Crippen LogP contribution in [-0.2, 0) is 0 Å². The number of nitrogens with zero attached hydrogens (tertiary/aromatic N) is 2. The summed E-state index contributed by atoms with van der Waals surface area (Å²) in [6, 6.07) is 10.9. The van der Waals surface area contributed by atoms with E-state index >= 15 is 0 Å². The van der Waals surface area contributed by atoms with Crippen molar-refractivity contribution in [3.8, 4) is 5.75 Å². The predicted molar refractivity (Wildman–Crippen MR) is 79.0 cm³/mol. The minimum absolute atomic E-state index is 0.0528. The number of nitrogens with one attached hydrogen (secondary N) is 1. The number of para-hydroxylation sites is 1. The maximum absolute atomic E-state index is 10.6. The Balaban J connectivity index is 1.84. The van der Waals surface area contributed by atoms with Crippen LogP contribution in [0.5, 0.6) is 5.75 Å². The van der Waals surface area contributed by atoms with Crippen molar-refractivity contribution in [2.45, 2.75) is 0 Å². The molecule has 0 bridgehead atoms. The normalized spacial score (nSPS) is 10.1. The van der Waals surface area contributed by atoms with E-state index in [2.05, 4.69) is 26.2 Å². The van der Waals surface area contributed by atoms with Crippen molar-refractivity contribution in [1.29, 1.82) is 0 Å². The summed E-state index contributed by atoms with van der Waals surface area (Å²) in [6.45, 7) is 1.01. The Hall–Kier alpha value is -2.15. The lowest BCUT2D eigenvalue weighted by molar-refractivity contribution is -0.385. The predicted octanol–water partition coefficient (Wildman–Crippen LogP) is 3.24. The van der Waals surface area contributed by atoms with E-state index in [4.69, 9.17) is 4.74 Å². The van der Waals surface area contributed by atoms with Crippen molar-refractivity contribution in [2.24, 2.45) is 0 Å². The summed E-state index contributed by atoms with van der Waals surface area (Å²) >= 11 is 3.24. The number of anilines is 1. The van der Waals surface area contributed by atoms with E-state index < -0.39 is 4.92 Å². The van der Waals surface area contributed by atoms with Gasteiger partial charge in [0.15, 0.2) is 0 Å². The van der Waals surface area contributed by atoms with Gasteiger partial charge in [-0.25, -0.2) is 4.98 Å². The third-order valence-electron chi connectivity index (χ3n) is 2.44. The molecule has 0 radical (unpaired) electrons. The summed E-state index contributed by atoms with van der Waals surface area (Å²) in [5, 5.41) is 13.6. The first-order valence-electron chi connectivity index (χ1n) is 5.88. The number of ether oxygens (including phenoxy) is 1. The van der Waals surface area contributed by atoms with E-state index in [1.807, 2.05) is 30.3 Å². The zero-order valence-electron chi connectivity index (χ0n) is 10.5. The summed E-state index contributed by atoms with van der Waals surface area (Å²) in [5.74, 6) is 1.34. The number of hydrogen-bond donors (Lipinski definition) is 1. The van der Waals surface area contributed by atoms with E-state index in [-0.39, 0.29) is 5.69 Å². The molecule has 0 unspecified atom stereocenters. The highest BCUT2D eigenvalue weighted by Gasteiger charge is 2.09. The highest BCUT2D eigenvalue weighted by atomic mass is 79.9. The summed E-state index contributed by atoms with van der Waals surface area (Å²) in [7, 11) is 0. The molecule has 2 aromatic rings. The monoisotopic (exact) mass is 337 g/mol. The maximum atomic E-state index is 10.6. The Morgan fingerprint density at radius 1 is 1.35 bits per heavy atom. The second-order valence-electron chi connectivity index (χ2n) is 3.87. The molecule has 0 aliphatic heterocycles. The van der Waals surface area contributed by atoms with Gasteiger partial charge in [-0.2, -0.15) is 0 Å². The Bertz CT molecular complexity index is 593. The highest BCUT2D eigenvalue weighted by molar-refractivity contribution is 9.10. The lowest BCUT2D eigenvalue weighted by atomic mass is 10.3. The van der Waals surface area contributed by atoms with Gasteiger partial charge in [0.25, 0.3) is 5.69 Å².